The number of benzene rings is 2. The zero-order chi connectivity index (χ0) is 14.2. The summed E-state index contributed by atoms with van der Waals surface area (Å²) in [6, 6.07) is 29.3. The molecule has 0 aliphatic heterocycles. The second-order valence-corrected chi connectivity index (χ2v) is 4.31. The van der Waals surface area contributed by atoms with Crippen LogP contribution in [0.4, 0.5) is 0 Å². The maximum atomic E-state index is 3.34. The van der Waals surface area contributed by atoms with E-state index in [0.717, 1.165) is 0 Å². The first-order chi connectivity index (χ1) is 9.93. The van der Waals surface area contributed by atoms with Crippen molar-refractivity contribution in [2.24, 2.45) is 0 Å². The maximum absolute atomic E-state index is 3.34. The topological polar surface area (TPSA) is 0 Å². The van der Waals surface area contributed by atoms with Crippen LogP contribution in [0.2, 0.25) is 0 Å². The predicted molar refractivity (Wildman–Crippen MR) is 86.2 cm³/mol. The first-order valence-electron chi connectivity index (χ1n) is 6.50. The van der Waals surface area contributed by atoms with Crippen LogP contribution in [0.5, 0.6) is 0 Å². The number of hydrogen-bond donors (Lipinski definition) is 0. The molecule has 4 rings (SSSR count). The van der Waals surface area contributed by atoms with Gasteiger partial charge in [-0.2, -0.15) is 35.0 Å². The van der Waals surface area contributed by atoms with Gasteiger partial charge in [0.2, 0.25) is 0 Å². The summed E-state index contributed by atoms with van der Waals surface area (Å²) in [7, 11) is 0. The zero-order valence-electron chi connectivity index (χ0n) is 11.7. The number of fused-ring (bicyclic) bond motifs is 2. The minimum atomic E-state index is 0. The van der Waals surface area contributed by atoms with Crippen molar-refractivity contribution in [3.05, 3.63) is 84.9 Å². The van der Waals surface area contributed by atoms with Crippen LogP contribution in [0, 0.1) is 0 Å². The van der Waals surface area contributed by atoms with E-state index in [1.165, 1.54) is 45.8 Å². The van der Waals surface area contributed by atoms with E-state index >= 15 is 0 Å². The molecule has 0 aliphatic rings. The van der Waals surface area contributed by atoms with E-state index in [-0.39, 0.29) is 12.4 Å². The quantitative estimate of drug-likeness (QED) is 0.416. The van der Waals surface area contributed by atoms with Crippen LogP contribution in [0.15, 0.2) is 84.9 Å². The third kappa shape index (κ3) is 4.88. The van der Waals surface area contributed by atoms with Gasteiger partial charge in [-0.05, 0) is 0 Å². The monoisotopic (exact) mass is 369 g/mol. The molecule has 0 saturated heterocycles. The number of halogens is 1. The van der Waals surface area contributed by atoms with E-state index in [9.17, 15) is 0 Å². The maximum Gasteiger partial charge on any atom is -0.0809 e. The average molecular weight is 371 g/mol. The SMILES string of the molecule is [CH2]=[Zr+2].[Cl-].c1ccc2[cH-]ccc2c1.c1ccc2[cH-]ccc2c1. The van der Waals surface area contributed by atoms with Crippen molar-refractivity contribution in [2.75, 3.05) is 0 Å². The molecule has 0 heterocycles. The van der Waals surface area contributed by atoms with Crippen molar-refractivity contribution in [2.45, 2.75) is 0 Å². The van der Waals surface area contributed by atoms with E-state index in [1.54, 1.807) is 0 Å². The Labute approximate surface area is 146 Å². The van der Waals surface area contributed by atoms with Crippen LogP contribution in [0.25, 0.3) is 21.5 Å². The second kappa shape index (κ2) is 9.61. The molecule has 0 N–H and O–H groups in total. The van der Waals surface area contributed by atoms with Crippen molar-refractivity contribution in [1.29, 1.82) is 0 Å². The van der Waals surface area contributed by atoms with Gasteiger partial charge in [0.1, 0.15) is 0 Å². The van der Waals surface area contributed by atoms with Crippen molar-refractivity contribution < 1.29 is 36.6 Å². The van der Waals surface area contributed by atoms with Gasteiger partial charge in [0.05, 0.1) is 0 Å². The average Bonchev–Trinajstić information content (AvgIpc) is 3.18. The Morgan fingerprint density at radius 2 is 1.00 bits per heavy atom. The summed E-state index contributed by atoms with van der Waals surface area (Å²) in [6.07, 6.45) is 0. The molecule has 4 aromatic carbocycles. The summed E-state index contributed by atoms with van der Waals surface area (Å²) in [5, 5.41) is 5.32. The first kappa shape index (κ1) is 17.8. The van der Waals surface area contributed by atoms with Crippen LogP contribution in [-0.2, 0) is 24.2 Å². The zero-order valence-corrected chi connectivity index (χ0v) is 14.9. The number of rotatable bonds is 0. The molecule has 2 heteroatoms. The molecule has 0 aromatic heterocycles. The molecule has 0 radical (unpaired) electrons. The van der Waals surface area contributed by atoms with Gasteiger partial charge in [-0.25, -0.2) is 0 Å². The van der Waals surface area contributed by atoms with Gasteiger partial charge < -0.3 is 12.4 Å². The van der Waals surface area contributed by atoms with E-state index in [4.69, 9.17) is 0 Å². The molecule has 0 fully saturated rings. The summed E-state index contributed by atoms with van der Waals surface area (Å²) in [5.41, 5.74) is 0. The second-order valence-electron chi connectivity index (χ2n) is 4.31. The minimum absolute atomic E-state index is 0. The van der Waals surface area contributed by atoms with Crippen LogP contribution < -0.4 is 12.4 Å². The smallest absolute Gasteiger partial charge is 0.0809 e. The fourth-order valence-electron chi connectivity index (χ4n) is 2.14. The molecule has 0 unspecified atom stereocenters. The molecule has 0 nitrogen and oxygen atoms in total. The predicted octanol–water partition coefficient (Wildman–Crippen LogP) is 2.09. The van der Waals surface area contributed by atoms with Crippen molar-refractivity contribution in [3.63, 3.8) is 0 Å². The largest absolute Gasteiger partial charge is 1.00 e. The van der Waals surface area contributed by atoms with Gasteiger partial charge in [0.15, 0.2) is 0 Å². The Balaban J connectivity index is 0.000000181. The van der Waals surface area contributed by atoms with Gasteiger partial charge in [0, 0.05) is 0 Å². The molecule has 4 aromatic rings. The molecule has 0 amide bonds. The van der Waals surface area contributed by atoms with Crippen LogP contribution in [-0.4, -0.2) is 4.21 Å². The summed E-state index contributed by atoms with van der Waals surface area (Å²) < 4.78 is 3.34. The molecule has 0 spiro atoms. The molecular formula is C19H16ClZr-. The molecule has 0 atom stereocenters. The normalized spacial score (nSPS) is 9.05. The van der Waals surface area contributed by atoms with E-state index in [2.05, 4.69) is 89.1 Å². The summed E-state index contributed by atoms with van der Waals surface area (Å²) in [4.78, 5) is 0. The summed E-state index contributed by atoms with van der Waals surface area (Å²) in [5.74, 6) is 0. The molecular weight excluding hydrogens is 355 g/mol. The van der Waals surface area contributed by atoms with Gasteiger partial charge in [-0.1, -0.05) is 12.1 Å². The minimum Gasteiger partial charge on any atom is -1.00 e. The Hall–Kier alpha value is -1.30. The van der Waals surface area contributed by atoms with Gasteiger partial charge in [0.25, 0.3) is 0 Å². The van der Waals surface area contributed by atoms with Gasteiger partial charge in [-0.15, -0.1) is 59.3 Å². The van der Waals surface area contributed by atoms with Crippen LogP contribution in [0.1, 0.15) is 0 Å². The molecule has 0 saturated carbocycles. The Kier molecular flexibility index (Phi) is 8.12. The van der Waals surface area contributed by atoms with E-state index in [0.29, 0.717) is 0 Å². The van der Waals surface area contributed by atoms with Crippen molar-refractivity contribution >= 4 is 25.8 Å². The van der Waals surface area contributed by atoms with Crippen molar-refractivity contribution in [1.82, 2.24) is 0 Å². The number of hydrogen-bond acceptors (Lipinski definition) is 0. The fourth-order valence-corrected chi connectivity index (χ4v) is 2.14. The van der Waals surface area contributed by atoms with E-state index < -0.39 is 0 Å². The molecule has 21 heavy (non-hydrogen) atoms. The third-order valence-corrected chi connectivity index (χ3v) is 3.10. The third-order valence-electron chi connectivity index (χ3n) is 3.10. The molecule has 0 aliphatic carbocycles. The summed E-state index contributed by atoms with van der Waals surface area (Å²) in [6.45, 7) is 0. The van der Waals surface area contributed by atoms with Crippen LogP contribution in [0.3, 0.4) is 0 Å². The van der Waals surface area contributed by atoms with Crippen LogP contribution >= 0.6 is 0 Å². The standard InChI is InChI=1S/2C9H7.CH2.ClH.Zr/c2*1-2-5-9-7-3-6-8(9)4-1;;;/h2*1-7H;1H2;1H;/q2*-1;;;+2/p-1. The summed E-state index contributed by atoms with van der Waals surface area (Å²) >= 11 is 1.30. The Morgan fingerprint density at radius 3 is 1.38 bits per heavy atom. The van der Waals surface area contributed by atoms with Gasteiger partial charge in [-0.3, -0.25) is 0 Å². The molecule has 0 bridgehead atoms. The molecule has 104 valence electrons. The van der Waals surface area contributed by atoms with Gasteiger partial charge >= 0.3 is 28.4 Å². The fraction of sp³-hybridized carbons (Fsp3) is 0. The van der Waals surface area contributed by atoms with E-state index in [1.807, 2.05) is 0 Å². The Bertz CT molecular complexity index is 641. The van der Waals surface area contributed by atoms with Crippen molar-refractivity contribution in [3.8, 4) is 0 Å². The Morgan fingerprint density at radius 1 is 0.619 bits per heavy atom. The first-order valence-corrected chi connectivity index (χ1v) is 8.23.